The second-order valence-corrected chi connectivity index (χ2v) is 38.7. The zero-order chi connectivity index (χ0) is 29.3. The van der Waals surface area contributed by atoms with Gasteiger partial charge in [0, 0.05) is 88.3 Å². The van der Waals surface area contributed by atoms with E-state index in [2.05, 4.69) is 55.4 Å². The van der Waals surface area contributed by atoms with Crippen LogP contribution in [0.15, 0.2) is 0 Å². The van der Waals surface area contributed by atoms with Crippen LogP contribution < -0.4 is 0 Å². The summed E-state index contributed by atoms with van der Waals surface area (Å²) < 4.78 is 0. The molecule has 0 aromatic carbocycles. The van der Waals surface area contributed by atoms with Gasteiger partial charge in [-0.1, -0.05) is 55.4 Å². The molecule has 0 spiro atoms. The van der Waals surface area contributed by atoms with E-state index in [1.165, 1.54) is 51.4 Å². The molecule has 0 aliphatic rings. The van der Waals surface area contributed by atoms with Gasteiger partial charge in [-0.05, 0) is 51.4 Å². The van der Waals surface area contributed by atoms with Crippen LogP contribution in [-0.4, -0.2) is 49.3 Å². The van der Waals surface area contributed by atoms with Crippen LogP contribution in [0, 0.1) is 0 Å². The van der Waals surface area contributed by atoms with Crippen molar-refractivity contribution in [3.05, 3.63) is 0 Å². The summed E-state index contributed by atoms with van der Waals surface area (Å²) in [6.45, 7) is 17.2. The van der Waals surface area contributed by atoms with Gasteiger partial charge in [-0.15, -0.1) is 0 Å². The van der Waals surface area contributed by atoms with Crippen LogP contribution in [0.2, 0.25) is 0 Å². The van der Waals surface area contributed by atoms with Gasteiger partial charge < -0.3 is 98.0 Å². The van der Waals surface area contributed by atoms with E-state index in [4.69, 9.17) is 98.0 Å². The Morgan fingerprint density at radius 1 is 0.263 bits per heavy atom. The van der Waals surface area contributed by atoms with Crippen molar-refractivity contribution in [2.45, 2.75) is 107 Å². The molecular formula is C24H56P4S8Zn2-4. The average Bonchev–Trinajstić information content (AvgIpc) is 2.69. The SMILES string of the molecule is CCC[P+]([S-])([S-])CCC.CCC[P+]([S-])([S-])CCC.CCC[P+]([S-])([S-])CCC.CCC[P+]([S-])([S-])CCC.[Zn].[Zn]. The maximum absolute atomic E-state index is 5.27. The quantitative estimate of drug-likeness (QED) is 0.0845. The maximum Gasteiger partial charge on any atom is 0.0199 e. The fourth-order valence-electron chi connectivity index (χ4n) is 3.17. The van der Waals surface area contributed by atoms with Crippen LogP contribution >= 0.6 is 22.7 Å². The zero-order valence-corrected chi connectivity index (χ0v) is 41.8. The van der Waals surface area contributed by atoms with Crippen molar-refractivity contribution in [1.29, 1.82) is 0 Å². The molecule has 0 radical (unpaired) electrons. The molecule has 0 aliphatic carbocycles. The summed E-state index contributed by atoms with van der Waals surface area (Å²) in [4.78, 5) is 0. The first kappa shape index (κ1) is 56.1. The minimum Gasteiger partial charge on any atom is -0.579 e. The topological polar surface area (TPSA) is 0 Å². The molecule has 0 bridgehead atoms. The Kier molecular flexibility index (Phi) is 52.6. The largest absolute Gasteiger partial charge is 0.579 e. The van der Waals surface area contributed by atoms with Gasteiger partial charge in [0.15, 0.2) is 0 Å². The molecule has 0 N–H and O–H groups in total. The molecule has 228 valence electrons. The molecule has 0 fully saturated rings. The molecule has 0 heterocycles. The number of hydrogen-bond donors (Lipinski definition) is 0. The van der Waals surface area contributed by atoms with Crippen molar-refractivity contribution in [3.63, 3.8) is 0 Å². The molecule has 0 saturated carbocycles. The number of hydrogen-bond acceptors (Lipinski definition) is 8. The monoisotopic (exact) mass is 852 g/mol. The predicted molar refractivity (Wildman–Crippen MR) is 208 cm³/mol. The fourth-order valence-corrected chi connectivity index (χ4v) is 18.3. The standard InChI is InChI=1S/4C6H15PS2.2Zn/c4*1-3-5-7(8,9)6-4-2;;/h4*3-6H2,1-2H3,(H,8,9);;/p-4. The van der Waals surface area contributed by atoms with Gasteiger partial charge in [0.05, 0.1) is 0 Å². The molecular weight excluding hydrogens is 799 g/mol. The minimum absolute atomic E-state index is 0. The predicted octanol–water partition coefficient (Wildman–Crippen LogP) is 11.0. The van der Waals surface area contributed by atoms with Crippen LogP contribution in [0.4, 0.5) is 0 Å². The van der Waals surface area contributed by atoms with Crippen LogP contribution in [0.1, 0.15) is 107 Å². The summed E-state index contributed by atoms with van der Waals surface area (Å²) in [6.07, 6.45) is 18.3. The van der Waals surface area contributed by atoms with Gasteiger partial charge in [-0.3, -0.25) is 0 Å². The molecule has 0 rings (SSSR count). The fraction of sp³-hybridized carbons (Fsp3) is 1.00. The molecule has 0 aromatic heterocycles. The first-order valence-electron chi connectivity index (χ1n) is 13.6. The molecule has 0 amide bonds. The first-order chi connectivity index (χ1) is 16.5. The molecule has 0 aromatic rings. The summed E-state index contributed by atoms with van der Waals surface area (Å²) in [7, 11) is 0. The van der Waals surface area contributed by atoms with Gasteiger partial charge in [-0.2, -0.15) is 0 Å². The summed E-state index contributed by atoms with van der Waals surface area (Å²) >= 11 is 42.1. The van der Waals surface area contributed by atoms with Crippen molar-refractivity contribution in [1.82, 2.24) is 0 Å². The normalized spacial score (nSPS) is 11.4. The van der Waals surface area contributed by atoms with Crippen molar-refractivity contribution >= 4 is 121 Å². The Balaban J connectivity index is -0.0000000883. The van der Waals surface area contributed by atoms with Gasteiger partial charge in [0.25, 0.3) is 0 Å². The third-order valence-electron chi connectivity index (χ3n) is 4.51. The van der Waals surface area contributed by atoms with Crippen LogP contribution in [0.25, 0.3) is 0 Å². The molecule has 0 atom stereocenters. The summed E-state index contributed by atoms with van der Waals surface area (Å²) in [6, 6.07) is 0. The van der Waals surface area contributed by atoms with E-state index < -0.39 is 22.7 Å². The second-order valence-electron chi connectivity index (χ2n) is 9.05. The third-order valence-corrected chi connectivity index (χ3v) is 22.3. The van der Waals surface area contributed by atoms with Crippen LogP contribution in [0.3, 0.4) is 0 Å². The van der Waals surface area contributed by atoms with E-state index in [0.717, 1.165) is 49.3 Å². The second kappa shape index (κ2) is 35.6. The molecule has 0 unspecified atom stereocenters. The van der Waals surface area contributed by atoms with Crippen LogP contribution in [-0.2, 0) is 137 Å². The van der Waals surface area contributed by atoms with Crippen molar-refractivity contribution in [2.24, 2.45) is 0 Å². The molecule has 0 saturated heterocycles. The first-order valence-corrected chi connectivity index (χ1v) is 30.4. The van der Waals surface area contributed by atoms with Gasteiger partial charge >= 0.3 is 0 Å². The van der Waals surface area contributed by atoms with Gasteiger partial charge in [-0.25, -0.2) is 22.7 Å². The Hall–Kier alpha value is 5.77. The minimum atomic E-state index is -1.28. The Morgan fingerprint density at radius 3 is 0.395 bits per heavy atom. The van der Waals surface area contributed by atoms with E-state index in [1.54, 1.807) is 0 Å². The summed E-state index contributed by atoms with van der Waals surface area (Å²) in [5, 5.41) is 0. The third kappa shape index (κ3) is 48.7. The van der Waals surface area contributed by atoms with Gasteiger partial charge in [0.2, 0.25) is 0 Å². The molecule has 0 aliphatic heterocycles. The van der Waals surface area contributed by atoms with E-state index in [0.29, 0.717) is 0 Å². The van der Waals surface area contributed by atoms with Crippen molar-refractivity contribution < 1.29 is 39.0 Å². The Bertz CT molecular complexity index is 353. The Labute approximate surface area is 311 Å². The van der Waals surface area contributed by atoms with E-state index in [9.17, 15) is 0 Å². The molecule has 14 heteroatoms. The maximum atomic E-state index is 5.27. The van der Waals surface area contributed by atoms with Crippen molar-refractivity contribution in [2.75, 3.05) is 49.3 Å². The Morgan fingerprint density at radius 2 is 0.342 bits per heavy atom. The van der Waals surface area contributed by atoms with Gasteiger partial charge in [0.1, 0.15) is 0 Å². The summed E-state index contributed by atoms with van der Waals surface area (Å²) in [5.74, 6) is 0. The van der Waals surface area contributed by atoms with Crippen molar-refractivity contribution in [3.8, 4) is 0 Å². The zero-order valence-electron chi connectivity index (χ0n) is 25.8. The summed E-state index contributed by atoms with van der Waals surface area (Å²) in [5.41, 5.74) is -5.10. The van der Waals surface area contributed by atoms with E-state index >= 15 is 0 Å². The molecule has 0 nitrogen and oxygen atoms in total. The van der Waals surface area contributed by atoms with E-state index in [1.807, 2.05) is 0 Å². The van der Waals surface area contributed by atoms with Crippen LogP contribution in [0.5, 0.6) is 0 Å². The molecule has 38 heavy (non-hydrogen) atoms. The number of rotatable bonds is 16. The average molecular weight is 856 g/mol. The van der Waals surface area contributed by atoms with E-state index in [-0.39, 0.29) is 39.0 Å². The smallest absolute Gasteiger partial charge is 0.0199 e.